The average Bonchev–Trinajstić information content (AvgIpc) is 2.98. The molecule has 1 aromatic rings. The van der Waals surface area contributed by atoms with Crippen LogP contribution in [0.2, 0.25) is 0 Å². The van der Waals surface area contributed by atoms with E-state index in [0.717, 1.165) is 18.4 Å². The van der Waals surface area contributed by atoms with Crippen molar-refractivity contribution in [2.75, 3.05) is 13.2 Å². The normalized spacial score (nSPS) is 15.9. The lowest BCUT2D eigenvalue weighted by Crippen LogP contribution is -2.24. The zero-order valence-electron chi connectivity index (χ0n) is 13.8. The van der Waals surface area contributed by atoms with Gasteiger partial charge < -0.3 is 9.47 Å². The molecule has 124 valence electrons. The third-order valence-electron chi connectivity index (χ3n) is 3.91. The van der Waals surface area contributed by atoms with Gasteiger partial charge >= 0.3 is 0 Å². The molecule has 1 fully saturated rings. The molecule has 0 unspecified atom stereocenters. The monoisotopic (exact) mass is 317 g/mol. The van der Waals surface area contributed by atoms with E-state index in [1.807, 2.05) is 0 Å². The molecule has 0 saturated carbocycles. The number of rotatable bonds is 6. The number of hydrogen-bond donors (Lipinski definition) is 0. The second-order valence-corrected chi connectivity index (χ2v) is 5.74. The van der Waals surface area contributed by atoms with Gasteiger partial charge in [-0.1, -0.05) is 38.0 Å². The third-order valence-corrected chi connectivity index (χ3v) is 3.91. The van der Waals surface area contributed by atoms with Crippen LogP contribution >= 0.6 is 0 Å². The summed E-state index contributed by atoms with van der Waals surface area (Å²) < 4.78 is 11.1. The van der Waals surface area contributed by atoms with Gasteiger partial charge in [0.05, 0.1) is 23.7 Å². The summed E-state index contributed by atoms with van der Waals surface area (Å²) >= 11 is 0. The van der Waals surface area contributed by atoms with Gasteiger partial charge in [-0.15, -0.1) is 0 Å². The number of hydrogen-bond acceptors (Lipinski definition) is 4. The molecule has 1 saturated heterocycles. The van der Waals surface area contributed by atoms with Gasteiger partial charge in [-0.2, -0.15) is 0 Å². The Morgan fingerprint density at radius 1 is 1.26 bits per heavy atom. The van der Waals surface area contributed by atoms with Gasteiger partial charge in [-0.05, 0) is 25.5 Å². The Labute approximate surface area is 137 Å². The van der Waals surface area contributed by atoms with Gasteiger partial charge in [0.15, 0.2) is 5.79 Å². The molecule has 2 rings (SSSR count). The minimum Gasteiger partial charge on any atom is -0.343 e. The van der Waals surface area contributed by atoms with E-state index in [1.165, 1.54) is 25.3 Å². The Kier molecular flexibility index (Phi) is 6.14. The molecule has 1 aromatic carbocycles. The van der Waals surface area contributed by atoms with E-state index in [1.54, 1.807) is 19.1 Å². The quantitative estimate of drug-likeness (QED) is 0.342. The van der Waals surface area contributed by atoms with E-state index in [9.17, 15) is 10.1 Å². The summed E-state index contributed by atoms with van der Waals surface area (Å²) in [6, 6.07) is 4.87. The minimum absolute atomic E-state index is 0.00268. The summed E-state index contributed by atoms with van der Waals surface area (Å²) in [5, 5.41) is 11.3. The molecule has 0 spiro atoms. The van der Waals surface area contributed by atoms with Crippen molar-refractivity contribution in [3.05, 3.63) is 39.4 Å². The molecule has 5 nitrogen and oxygen atoms in total. The number of nitrogens with zero attached hydrogens (tertiary/aromatic N) is 1. The van der Waals surface area contributed by atoms with Crippen molar-refractivity contribution in [3.8, 4) is 11.8 Å². The zero-order chi connectivity index (χ0) is 16.7. The second-order valence-electron chi connectivity index (χ2n) is 5.74. The van der Waals surface area contributed by atoms with Crippen molar-refractivity contribution in [2.24, 2.45) is 0 Å². The highest BCUT2D eigenvalue weighted by Crippen LogP contribution is 2.37. The van der Waals surface area contributed by atoms with Crippen molar-refractivity contribution in [1.29, 1.82) is 0 Å². The predicted octanol–water partition coefficient (Wildman–Crippen LogP) is 4.14. The molecule has 23 heavy (non-hydrogen) atoms. The summed E-state index contributed by atoms with van der Waals surface area (Å²) in [5.74, 6) is 5.15. The van der Waals surface area contributed by atoms with E-state index in [4.69, 9.17) is 9.47 Å². The van der Waals surface area contributed by atoms with Gasteiger partial charge in [-0.3, -0.25) is 10.1 Å². The van der Waals surface area contributed by atoms with Crippen molar-refractivity contribution in [1.82, 2.24) is 0 Å². The molecule has 1 aliphatic rings. The van der Waals surface area contributed by atoms with Gasteiger partial charge in [0.1, 0.15) is 0 Å². The highest BCUT2D eigenvalue weighted by atomic mass is 16.7. The standard InChI is InChI=1S/C18H23NO4/c1-3-4-5-6-7-8-9-15-10-11-17(19(20)21)16(14-15)18(2)22-12-13-23-18/h10-11,14H,3-7,12-13H2,1-2H3. The second kappa shape index (κ2) is 8.09. The first kappa shape index (κ1) is 17.5. The van der Waals surface area contributed by atoms with Crippen molar-refractivity contribution < 1.29 is 14.4 Å². The molecule has 1 heterocycles. The van der Waals surface area contributed by atoms with Crippen LogP contribution in [0.15, 0.2) is 18.2 Å². The maximum Gasteiger partial charge on any atom is 0.278 e. The summed E-state index contributed by atoms with van der Waals surface area (Å²) in [4.78, 5) is 10.8. The molecule has 0 radical (unpaired) electrons. The highest BCUT2D eigenvalue weighted by molar-refractivity contribution is 5.50. The molecular formula is C18H23NO4. The molecule has 1 aliphatic heterocycles. The lowest BCUT2D eigenvalue weighted by Gasteiger charge is -2.22. The fraction of sp³-hybridized carbons (Fsp3) is 0.556. The largest absolute Gasteiger partial charge is 0.343 e. The molecule has 0 aliphatic carbocycles. The lowest BCUT2D eigenvalue weighted by atomic mass is 10.0. The summed E-state index contributed by atoms with van der Waals surface area (Å²) in [6.07, 6.45) is 5.56. The molecule has 0 bridgehead atoms. The summed E-state index contributed by atoms with van der Waals surface area (Å²) in [6.45, 7) is 4.75. The third kappa shape index (κ3) is 4.54. The van der Waals surface area contributed by atoms with Crippen LogP contribution in [-0.2, 0) is 15.3 Å². The van der Waals surface area contributed by atoms with Gasteiger partial charge in [0.2, 0.25) is 0 Å². The van der Waals surface area contributed by atoms with Crippen LogP contribution < -0.4 is 0 Å². The number of nitro groups is 1. The highest BCUT2D eigenvalue weighted by Gasteiger charge is 2.38. The molecular weight excluding hydrogens is 294 g/mol. The lowest BCUT2D eigenvalue weighted by molar-refractivity contribution is -0.387. The molecule has 0 atom stereocenters. The Morgan fingerprint density at radius 3 is 2.65 bits per heavy atom. The fourth-order valence-corrected chi connectivity index (χ4v) is 2.61. The van der Waals surface area contributed by atoms with E-state index >= 15 is 0 Å². The fourth-order valence-electron chi connectivity index (χ4n) is 2.61. The number of benzene rings is 1. The first-order valence-electron chi connectivity index (χ1n) is 8.12. The summed E-state index contributed by atoms with van der Waals surface area (Å²) in [5.41, 5.74) is 1.18. The van der Waals surface area contributed by atoms with Crippen LogP contribution in [0.5, 0.6) is 0 Å². The van der Waals surface area contributed by atoms with E-state index in [-0.39, 0.29) is 5.69 Å². The number of nitro benzene ring substituents is 1. The topological polar surface area (TPSA) is 61.6 Å². The number of ether oxygens (including phenoxy) is 2. The Bertz CT molecular complexity index is 609. The Morgan fingerprint density at radius 2 is 2.00 bits per heavy atom. The predicted molar refractivity (Wildman–Crippen MR) is 88.0 cm³/mol. The van der Waals surface area contributed by atoms with Crippen LogP contribution in [0.4, 0.5) is 5.69 Å². The summed E-state index contributed by atoms with van der Waals surface area (Å²) in [7, 11) is 0. The molecule has 0 aromatic heterocycles. The first-order chi connectivity index (χ1) is 11.1. The molecule has 0 amide bonds. The van der Waals surface area contributed by atoms with Gasteiger partial charge in [0, 0.05) is 18.1 Å². The number of unbranched alkanes of at least 4 members (excludes halogenated alkanes) is 4. The SMILES string of the molecule is CCCCCCC#Cc1ccc([N+](=O)[O-])c(C2(C)OCCO2)c1. The van der Waals surface area contributed by atoms with E-state index in [2.05, 4.69) is 18.8 Å². The van der Waals surface area contributed by atoms with Crippen LogP contribution in [0.25, 0.3) is 0 Å². The Balaban J connectivity index is 2.17. The van der Waals surface area contributed by atoms with E-state index in [0.29, 0.717) is 18.8 Å². The van der Waals surface area contributed by atoms with Crippen molar-refractivity contribution in [2.45, 2.75) is 51.7 Å². The van der Waals surface area contributed by atoms with Crippen LogP contribution in [0.1, 0.15) is 57.1 Å². The zero-order valence-corrected chi connectivity index (χ0v) is 13.8. The van der Waals surface area contributed by atoms with Crippen molar-refractivity contribution >= 4 is 5.69 Å². The van der Waals surface area contributed by atoms with Gasteiger partial charge in [0.25, 0.3) is 5.69 Å². The van der Waals surface area contributed by atoms with Crippen LogP contribution in [0, 0.1) is 22.0 Å². The van der Waals surface area contributed by atoms with Crippen LogP contribution in [-0.4, -0.2) is 18.1 Å². The molecule has 0 N–H and O–H groups in total. The van der Waals surface area contributed by atoms with Crippen molar-refractivity contribution in [3.63, 3.8) is 0 Å². The van der Waals surface area contributed by atoms with E-state index < -0.39 is 10.7 Å². The van der Waals surface area contributed by atoms with Gasteiger partial charge in [-0.25, -0.2) is 0 Å². The maximum absolute atomic E-state index is 11.3. The Hall–Kier alpha value is -1.90. The maximum atomic E-state index is 11.3. The smallest absolute Gasteiger partial charge is 0.278 e. The minimum atomic E-state index is -1.07. The first-order valence-corrected chi connectivity index (χ1v) is 8.12. The van der Waals surface area contributed by atoms with Crippen LogP contribution in [0.3, 0.4) is 0 Å². The average molecular weight is 317 g/mol. The molecule has 5 heteroatoms.